The number of hydrogen-bond donors (Lipinski definition) is 3. The van der Waals surface area contributed by atoms with E-state index in [1.165, 1.54) is 0 Å². The van der Waals surface area contributed by atoms with Crippen LogP contribution < -0.4 is 16.4 Å². The Bertz CT molecular complexity index is 476. The van der Waals surface area contributed by atoms with Gasteiger partial charge in [0.25, 0.3) is 0 Å². The molecule has 21 heavy (non-hydrogen) atoms. The Kier molecular flexibility index (Phi) is 6.36. The van der Waals surface area contributed by atoms with E-state index in [9.17, 15) is 4.79 Å². The van der Waals surface area contributed by atoms with E-state index >= 15 is 0 Å². The number of nitrogens with one attached hydrogen (secondary N) is 2. The molecule has 0 fully saturated rings. The molecule has 0 spiro atoms. The molecule has 118 valence electrons. The molecule has 0 atom stereocenters. The quantitative estimate of drug-likeness (QED) is 0.636. The maximum Gasteiger partial charge on any atom is 0.224 e. The number of carbonyl (C=O) groups is 1. The standard InChI is InChI=1S/C14H25N5O2/c1-5-16-10-7-11(17-9-14(3,4)13(15)20)19-12(18-10)8-21-6-2/h7H,5-6,8-9H2,1-4H3,(H2,15,20)(H2,16,17,18,19). The van der Waals surface area contributed by atoms with Gasteiger partial charge in [0.15, 0.2) is 5.82 Å². The number of anilines is 2. The molecule has 7 nitrogen and oxygen atoms in total. The zero-order chi connectivity index (χ0) is 15.9. The van der Waals surface area contributed by atoms with Gasteiger partial charge in [-0.3, -0.25) is 4.79 Å². The molecule has 1 rings (SSSR count). The maximum absolute atomic E-state index is 11.3. The van der Waals surface area contributed by atoms with Crippen LogP contribution in [0.2, 0.25) is 0 Å². The molecule has 0 radical (unpaired) electrons. The molecule has 0 unspecified atom stereocenters. The fraction of sp³-hybridized carbons (Fsp3) is 0.643. The Labute approximate surface area is 125 Å². The van der Waals surface area contributed by atoms with Crippen molar-refractivity contribution in [2.75, 3.05) is 30.3 Å². The second-order valence-corrected chi connectivity index (χ2v) is 5.32. The minimum atomic E-state index is -0.649. The molecule has 0 saturated heterocycles. The molecule has 7 heteroatoms. The van der Waals surface area contributed by atoms with Crippen molar-refractivity contribution in [2.24, 2.45) is 11.1 Å². The number of nitrogens with zero attached hydrogens (tertiary/aromatic N) is 2. The Hall–Kier alpha value is -1.89. The molecule has 0 aliphatic rings. The van der Waals surface area contributed by atoms with Crippen LogP contribution in [0.25, 0.3) is 0 Å². The first kappa shape index (κ1) is 17.2. The van der Waals surface area contributed by atoms with Crippen molar-refractivity contribution in [3.05, 3.63) is 11.9 Å². The number of aromatic nitrogens is 2. The molecule has 0 aliphatic carbocycles. The van der Waals surface area contributed by atoms with Crippen molar-refractivity contribution in [3.63, 3.8) is 0 Å². The number of rotatable bonds is 9. The molecule has 1 heterocycles. The molecule has 0 aliphatic heterocycles. The van der Waals surface area contributed by atoms with Crippen LogP contribution in [0, 0.1) is 5.41 Å². The van der Waals surface area contributed by atoms with Crippen molar-refractivity contribution in [1.82, 2.24) is 9.97 Å². The van der Waals surface area contributed by atoms with E-state index < -0.39 is 5.41 Å². The summed E-state index contributed by atoms with van der Waals surface area (Å²) in [5.41, 5.74) is 4.71. The summed E-state index contributed by atoms with van der Waals surface area (Å²) < 4.78 is 5.34. The van der Waals surface area contributed by atoms with Crippen molar-refractivity contribution in [1.29, 1.82) is 0 Å². The average molecular weight is 295 g/mol. The van der Waals surface area contributed by atoms with Gasteiger partial charge in [0.1, 0.15) is 18.2 Å². The van der Waals surface area contributed by atoms with Gasteiger partial charge in [0.05, 0.1) is 5.41 Å². The topological polar surface area (TPSA) is 102 Å². The summed E-state index contributed by atoms with van der Waals surface area (Å²) in [5, 5.41) is 6.28. The highest BCUT2D eigenvalue weighted by molar-refractivity contribution is 5.80. The van der Waals surface area contributed by atoms with Gasteiger partial charge in [0, 0.05) is 25.8 Å². The van der Waals surface area contributed by atoms with Crippen molar-refractivity contribution in [3.8, 4) is 0 Å². The normalized spacial score (nSPS) is 11.2. The number of nitrogens with two attached hydrogens (primary N) is 1. The Balaban J connectivity index is 2.84. The van der Waals surface area contributed by atoms with Gasteiger partial charge in [-0.15, -0.1) is 0 Å². The summed E-state index contributed by atoms with van der Waals surface area (Å²) in [6.45, 7) is 9.61. The minimum Gasteiger partial charge on any atom is -0.374 e. The van der Waals surface area contributed by atoms with E-state index in [0.717, 1.165) is 12.4 Å². The Morgan fingerprint density at radius 1 is 1.29 bits per heavy atom. The van der Waals surface area contributed by atoms with Crippen molar-refractivity contribution < 1.29 is 9.53 Å². The highest BCUT2D eigenvalue weighted by Gasteiger charge is 2.24. The summed E-state index contributed by atoms with van der Waals surface area (Å²) in [5.74, 6) is 1.60. The monoisotopic (exact) mass is 295 g/mol. The van der Waals surface area contributed by atoms with E-state index in [-0.39, 0.29) is 5.91 Å². The van der Waals surface area contributed by atoms with Crippen LogP contribution in [0.5, 0.6) is 0 Å². The molecule has 0 aromatic carbocycles. The average Bonchev–Trinajstić information content (AvgIpc) is 2.43. The van der Waals surface area contributed by atoms with E-state index in [1.54, 1.807) is 19.9 Å². The minimum absolute atomic E-state index is 0.351. The zero-order valence-electron chi connectivity index (χ0n) is 13.2. The van der Waals surface area contributed by atoms with Gasteiger partial charge in [-0.25, -0.2) is 9.97 Å². The van der Waals surface area contributed by atoms with Crippen LogP contribution in [0.4, 0.5) is 11.6 Å². The second-order valence-electron chi connectivity index (χ2n) is 5.32. The molecule has 0 bridgehead atoms. The summed E-state index contributed by atoms with van der Waals surface area (Å²) in [4.78, 5) is 20.1. The van der Waals surface area contributed by atoms with E-state index in [2.05, 4.69) is 20.6 Å². The van der Waals surface area contributed by atoms with Crippen LogP contribution >= 0.6 is 0 Å². The lowest BCUT2D eigenvalue weighted by Gasteiger charge is -2.21. The van der Waals surface area contributed by atoms with E-state index in [0.29, 0.717) is 31.4 Å². The van der Waals surface area contributed by atoms with Crippen molar-refractivity contribution in [2.45, 2.75) is 34.3 Å². The second kappa shape index (κ2) is 7.78. The number of carbonyl (C=O) groups excluding carboxylic acids is 1. The highest BCUT2D eigenvalue weighted by Crippen LogP contribution is 2.17. The zero-order valence-corrected chi connectivity index (χ0v) is 13.2. The number of ether oxygens (including phenoxy) is 1. The number of amides is 1. The first-order valence-electron chi connectivity index (χ1n) is 7.12. The summed E-state index contributed by atoms with van der Waals surface area (Å²) in [6.07, 6.45) is 0. The number of primary amides is 1. The predicted octanol–water partition coefficient (Wildman–Crippen LogP) is 1.37. The van der Waals surface area contributed by atoms with Crippen LogP contribution in [-0.4, -0.2) is 35.6 Å². The van der Waals surface area contributed by atoms with Crippen LogP contribution in [0.3, 0.4) is 0 Å². The van der Waals surface area contributed by atoms with Gasteiger partial charge >= 0.3 is 0 Å². The van der Waals surface area contributed by atoms with Crippen LogP contribution in [-0.2, 0) is 16.1 Å². The molecule has 1 aromatic heterocycles. The van der Waals surface area contributed by atoms with E-state index in [1.807, 2.05) is 13.8 Å². The SMILES string of the molecule is CCNc1cc(NCC(C)(C)C(N)=O)nc(COCC)n1. The largest absolute Gasteiger partial charge is 0.374 e. The highest BCUT2D eigenvalue weighted by atomic mass is 16.5. The lowest BCUT2D eigenvalue weighted by atomic mass is 9.93. The first-order valence-corrected chi connectivity index (χ1v) is 7.12. The molecular weight excluding hydrogens is 270 g/mol. The van der Waals surface area contributed by atoms with Gasteiger partial charge in [-0.2, -0.15) is 0 Å². The third-order valence-electron chi connectivity index (χ3n) is 2.94. The van der Waals surface area contributed by atoms with Crippen molar-refractivity contribution >= 4 is 17.5 Å². The Morgan fingerprint density at radius 3 is 2.43 bits per heavy atom. The lowest BCUT2D eigenvalue weighted by molar-refractivity contribution is -0.125. The van der Waals surface area contributed by atoms with Crippen LogP contribution in [0.15, 0.2) is 6.07 Å². The molecule has 1 amide bonds. The summed E-state index contributed by atoms with van der Waals surface area (Å²) in [7, 11) is 0. The molecular formula is C14H25N5O2. The molecule has 0 saturated carbocycles. The smallest absolute Gasteiger partial charge is 0.224 e. The molecule has 4 N–H and O–H groups in total. The fourth-order valence-electron chi connectivity index (χ4n) is 1.52. The first-order chi connectivity index (χ1) is 9.89. The fourth-order valence-corrected chi connectivity index (χ4v) is 1.52. The van der Waals surface area contributed by atoms with E-state index in [4.69, 9.17) is 10.5 Å². The predicted molar refractivity (Wildman–Crippen MR) is 83.0 cm³/mol. The van der Waals surface area contributed by atoms with Gasteiger partial charge < -0.3 is 21.1 Å². The van der Waals surface area contributed by atoms with Gasteiger partial charge in [-0.1, -0.05) is 0 Å². The summed E-state index contributed by atoms with van der Waals surface area (Å²) >= 11 is 0. The number of hydrogen-bond acceptors (Lipinski definition) is 6. The molecule has 1 aromatic rings. The maximum atomic E-state index is 11.3. The third-order valence-corrected chi connectivity index (χ3v) is 2.94. The Morgan fingerprint density at radius 2 is 1.90 bits per heavy atom. The van der Waals surface area contributed by atoms with Crippen LogP contribution in [0.1, 0.15) is 33.5 Å². The third kappa shape index (κ3) is 5.55. The summed E-state index contributed by atoms with van der Waals surface area (Å²) in [6, 6.07) is 1.80. The lowest BCUT2D eigenvalue weighted by Crippen LogP contribution is -2.37. The van der Waals surface area contributed by atoms with Gasteiger partial charge in [0.2, 0.25) is 5.91 Å². The van der Waals surface area contributed by atoms with Gasteiger partial charge in [-0.05, 0) is 27.7 Å².